The quantitative estimate of drug-likeness (QED) is 0.335. The largest absolute Gasteiger partial charge is 0.503 e. The number of halogens is 1. The highest BCUT2D eigenvalue weighted by molar-refractivity contribution is 7.17. The van der Waals surface area contributed by atoms with Crippen LogP contribution in [0.4, 0.5) is 10.1 Å². The Kier molecular flexibility index (Phi) is 5.78. The van der Waals surface area contributed by atoms with Gasteiger partial charge < -0.3 is 5.11 Å². The van der Waals surface area contributed by atoms with Crippen molar-refractivity contribution in [1.29, 1.82) is 0 Å². The lowest BCUT2D eigenvalue weighted by Gasteiger charge is -2.27. The molecular weight excluding hydrogens is 463 g/mol. The minimum atomic E-state index is -1.12. The molecule has 0 saturated heterocycles. The molecular formula is C28H21FN2O3S. The number of aromatic nitrogens is 1. The topological polar surface area (TPSA) is 70.5 Å². The molecule has 0 radical (unpaired) electrons. The number of hydrogen-bond donors (Lipinski definition) is 1. The van der Waals surface area contributed by atoms with E-state index in [9.17, 15) is 14.7 Å². The van der Waals surface area contributed by atoms with Gasteiger partial charge >= 0.3 is 0 Å². The molecule has 1 atom stereocenters. The first kappa shape index (κ1) is 22.7. The Morgan fingerprint density at radius 3 is 2.31 bits per heavy atom. The smallest absolute Gasteiger partial charge is 0.294 e. The number of aryl methyl sites for hydroxylation is 2. The molecule has 5 nitrogen and oxygen atoms in total. The third kappa shape index (κ3) is 3.94. The molecule has 1 aliphatic heterocycles. The van der Waals surface area contributed by atoms with E-state index >= 15 is 4.39 Å². The number of nitrogens with zero attached hydrogens (tertiary/aromatic N) is 2. The Morgan fingerprint density at radius 1 is 0.971 bits per heavy atom. The van der Waals surface area contributed by atoms with Crippen LogP contribution in [0.1, 0.15) is 32.5 Å². The molecule has 3 aromatic carbocycles. The first-order valence-corrected chi connectivity index (χ1v) is 11.8. The van der Waals surface area contributed by atoms with Gasteiger partial charge in [-0.05, 0) is 32.0 Å². The van der Waals surface area contributed by atoms with Crippen molar-refractivity contribution in [2.75, 3.05) is 4.90 Å². The van der Waals surface area contributed by atoms with Crippen molar-refractivity contribution in [2.45, 2.75) is 19.9 Å². The SMILES string of the molecule is Cc1ccc(N2C(=O)C(O)=C(C(=O)c3sc(-c4ccccc4)nc3C)C2c2ccccc2F)cc1. The van der Waals surface area contributed by atoms with Crippen molar-refractivity contribution in [3.05, 3.63) is 118 Å². The van der Waals surface area contributed by atoms with Crippen LogP contribution in [-0.2, 0) is 4.79 Å². The number of anilines is 1. The van der Waals surface area contributed by atoms with Crippen LogP contribution in [-0.4, -0.2) is 21.8 Å². The second-order valence-corrected chi connectivity index (χ2v) is 9.32. The normalized spacial score (nSPS) is 15.7. The van der Waals surface area contributed by atoms with Crippen LogP contribution < -0.4 is 4.90 Å². The average molecular weight is 485 g/mol. The van der Waals surface area contributed by atoms with Crippen molar-refractivity contribution in [1.82, 2.24) is 4.98 Å². The van der Waals surface area contributed by atoms with Crippen LogP contribution in [0.15, 0.2) is 90.2 Å². The maximum atomic E-state index is 15.0. The molecule has 1 unspecified atom stereocenters. The van der Waals surface area contributed by atoms with Crippen LogP contribution in [0.2, 0.25) is 0 Å². The summed E-state index contributed by atoms with van der Waals surface area (Å²) in [4.78, 5) is 33.2. The highest BCUT2D eigenvalue weighted by atomic mass is 32.1. The predicted molar refractivity (Wildman–Crippen MR) is 134 cm³/mol. The number of ketones is 1. The van der Waals surface area contributed by atoms with Crippen molar-refractivity contribution >= 4 is 28.7 Å². The molecule has 1 amide bonds. The first-order chi connectivity index (χ1) is 16.9. The molecule has 0 bridgehead atoms. The Balaban J connectivity index is 1.65. The van der Waals surface area contributed by atoms with Crippen molar-refractivity contribution in [3.63, 3.8) is 0 Å². The molecule has 35 heavy (non-hydrogen) atoms. The van der Waals surface area contributed by atoms with E-state index in [-0.39, 0.29) is 11.1 Å². The van der Waals surface area contributed by atoms with Crippen LogP contribution >= 0.6 is 11.3 Å². The molecule has 4 aromatic rings. The Bertz CT molecular complexity index is 1480. The van der Waals surface area contributed by atoms with Gasteiger partial charge in [-0.1, -0.05) is 66.2 Å². The number of hydrogen-bond acceptors (Lipinski definition) is 5. The van der Waals surface area contributed by atoms with Gasteiger partial charge in [0.2, 0.25) is 5.78 Å². The monoisotopic (exact) mass is 484 g/mol. The summed E-state index contributed by atoms with van der Waals surface area (Å²) >= 11 is 1.18. The number of aliphatic hydroxyl groups is 1. The average Bonchev–Trinajstić information content (AvgIpc) is 3.38. The Labute approximate surface area is 205 Å². The summed E-state index contributed by atoms with van der Waals surface area (Å²) < 4.78 is 15.0. The molecule has 0 spiro atoms. The number of Topliss-reactive ketones (excluding diaryl/α,β-unsaturated/α-hetero) is 1. The van der Waals surface area contributed by atoms with Gasteiger partial charge in [-0.3, -0.25) is 14.5 Å². The van der Waals surface area contributed by atoms with Gasteiger partial charge in [0, 0.05) is 16.8 Å². The van der Waals surface area contributed by atoms with E-state index in [4.69, 9.17) is 0 Å². The summed E-state index contributed by atoms with van der Waals surface area (Å²) in [5.74, 6) is -2.56. The third-order valence-electron chi connectivity index (χ3n) is 5.99. The number of rotatable bonds is 5. The van der Waals surface area contributed by atoms with E-state index < -0.39 is 29.3 Å². The fraction of sp³-hybridized carbons (Fsp3) is 0.107. The number of benzene rings is 3. The van der Waals surface area contributed by atoms with Gasteiger partial charge in [0.25, 0.3) is 5.91 Å². The first-order valence-electron chi connectivity index (χ1n) is 11.0. The fourth-order valence-corrected chi connectivity index (χ4v) is 5.26. The van der Waals surface area contributed by atoms with Gasteiger partial charge in [0.15, 0.2) is 5.76 Å². The minimum absolute atomic E-state index is 0.124. The molecule has 0 aliphatic carbocycles. The summed E-state index contributed by atoms with van der Waals surface area (Å²) in [7, 11) is 0. The van der Waals surface area contributed by atoms with Crippen LogP contribution in [0.5, 0.6) is 0 Å². The van der Waals surface area contributed by atoms with Crippen molar-refractivity contribution < 1.29 is 19.1 Å². The minimum Gasteiger partial charge on any atom is -0.503 e. The van der Waals surface area contributed by atoms with E-state index in [0.29, 0.717) is 21.3 Å². The van der Waals surface area contributed by atoms with Gasteiger partial charge in [-0.2, -0.15) is 0 Å². The lowest BCUT2D eigenvalue weighted by molar-refractivity contribution is -0.117. The molecule has 1 aromatic heterocycles. The van der Waals surface area contributed by atoms with Gasteiger partial charge in [0.1, 0.15) is 10.8 Å². The molecule has 0 fully saturated rings. The Hall–Kier alpha value is -4.10. The maximum absolute atomic E-state index is 15.0. The van der Waals surface area contributed by atoms with Crippen molar-refractivity contribution in [3.8, 4) is 10.6 Å². The molecule has 1 N–H and O–H groups in total. The second kappa shape index (κ2) is 8.92. The number of thiazole rings is 1. The summed E-state index contributed by atoms with van der Waals surface area (Å²) in [6.45, 7) is 3.62. The zero-order chi connectivity index (χ0) is 24.7. The molecule has 5 rings (SSSR count). The van der Waals surface area contributed by atoms with Crippen LogP contribution in [0.25, 0.3) is 10.6 Å². The summed E-state index contributed by atoms with van der Waals surface area (Å²) in [5.41, 5.74) is 2.73. The fourth-order valence-electron chi connectivity index (χ4n) is 4.23. The number of aliphatic hydroxyl groups excluding tert-OH is 1. The summed E-state index contributed by atoms with van der Waals surface area (Å²) in [6, 6.07) is 21.3. The predicted octanol–water partition coefficient (Wildman–Crippen LogP) is 6.35. The molecule has 2 heterocycles. The van der Waals surface area contributed by atoms with E-state index in [1.807, 2.05) is 49.4 Å². The van der Waals surface area contributed by atoms with E-state index in [2.05, 4.69) is 4.98 Å². The van der Waals surface area contributed by atoms with Gasteiger partial charge in [-0.15, -0.1) is 11.3 Å². The number of carbonyl (C=O) groups excluding carboxylic acids is 2. The maximum Gasteiger partial charge on any atom is 0.294 e. The van der Waals surface area contributed by atoms with Crippen LogP contribution in [0.3, 0.4) is 0 Å². The zero-order valence-electron chi connectivity index (χ0n) is 19.0. The standard InChI is InChI=1S/C28H21FN2O3S/c1-16-12-14-19(15-13-16)31-23(20-10-6-7-11-21(20)29)22(25(33)28(31)34)24(32)26-17(2)30-27(35-26)18-8-4-3-5-9-18/h3-15,23,33H,1-2H3. The number of amides is 1. The van der Waals surface area contributed by atoms with Crippen molar-refractivity contribution in [2.24, 2.45) is 0 Å². The summed E-state index contributed by atoms with van der Waals surface area (Å²) in [6.07, 6.45) is 0. The lowest BCUT2D eigenvalue weighted by Crippen LogP contribution is -2.31. The van der Waals surface area contributed by atoms with Crippen LogP contribution in [0, 0.1) is 19.7 Å². The van der Waals surface area contributed by atoms with E-state index in [0.717, 1.165) is 11.1 Å². The van der Waals surface area contributed by atoms with Gasteiger partial charge in [0.05, 0.1) is 22.2 Å². The Morgan fingerprint density at radius 2 is 1.63 bits per heavy atom. The molecule has 7 heteroatoms. The summed E-state index contributed by atoms with van der Waals surface area (Å²) in [5, 5.41) is 11.6. The van der Waals surface area contributed by atoms with E-state index in [1.165, 1.54) is 34.4 Å². The highest BCUT2D eigenvalue weighted by Gasteiger charge is 2.46. The second-order valence-electron chi connectivity index (χ2n) is 8.33. The molecule has 0 saturated carbocycles. The highest BCUT2D eigenvalue weighted by Crippen LogP contribution is 2.44. The van der Waals surface area contributed by atoms with E-state index in [1.54, 1.807) is 25.1 Å². The van der Waals surface area contributed by atoms with Gasteiger partial charge in [-0.25, -0.2) is 9.37 Å². The third-order valence-corrected chi connectivity index (χ3v) is 7.19. The lowest BCUT2D eigenvalue weighted by atomic mass is 9.94. The number of carbonyl (C=O) groups is 2. The zero-order valence-corrected chi connectivity index (χ0v) is 19.8. The molecule has 174 valence electrons. The molecule has 1 aliphatic rings.